The van der Waals surface area contributed by atoms with Crippen molar-refractivity contribution in [3.8, 4) is 0 Å². The molecular weight excluding hydrogens is 207 g/mol. The Bertz CT molecular complexity index is 66.0. The van der Waals surface area contributed by atoms with Gasteiger partial charge < -0.3 is 0 Å². The second-order valence-electron chi connectivity index (χ2n) is 0.932. The van der Waals surface area contributed by atoms with Gasteiger partial charge >= 0.3 is 0 Å². The molecule has 0 aliphatic carbocycles. The van der Waals surface area contributed by atoms with E-state index in [9.17, 15) is 4.79 Å². The molecule has 42 valence electrons. The van der Waals surface area contributed by atoms with Gasteiger partial charge in [-0.25, -0.2) is 5.43 Å². The minimum absolute atomic E-state index is 0.00287. The highest BCUT2D eigenvalue weighted by molar-refractivity contribution is 14.1. The molecule has 0 aromatic carbocycles. The Hall–Kier alpha value is 0.160. The molecule has 0 saturated heterocycles. The Balaban J connectivity index is 3.00. The van der Waals surface area contributed by atoms with Crippen molar-refractivity contribution in [1.82, 2.24) is 10.9 Å². The van der Waals surface area contributed by atoms with E-state index in [-0.39, 0.29) is 5.91 Å². The first kappa shape index (κ1) is 7.16. The summed E-state index contributed by atoms with van der Waals surface area (Å²) in [6.07, 6.45) is 0. The van der Waals surface area contributed by atoms with Crippen molar-refractivity contribution in [1.29, 1.82) is 0 Å². The van der Waals surface area contributed by atoms with E-state index in [2.05, 4.69) is 10.9 Å². The third kappa shape index (κ3) is 4.00. The standard InChI is InChI=1S/C3H7IN2O/c1-5-6-3(7)2-4/h5H,2H2,1H3,(H,6,7). The summed E-state index contributed by atoms with van der Waals surface area (Å²) in [6.45, 7) is 0. The van der Waals surface area contributed by atoms with Crippen molar-refractivity contribution in [2.75, 3.05) is 11.5 Å². The van der Waals surface area contributed by atoms with Gasteiger partial charge in [0, 0.05) is 7.05 Å². The monoisotopic (exact) mass is 214 g/mol. The predicted molar refractivity (Wildman–Crippen MR) is 36.1 cm³/mol. The fourth-order valence-corrected chi connectivity index (χ4v) is 0.364. The molecule has 1 amide bonds. The maximum Gasteiger partial charge on any atom is 0.243 e. The molecule has 0 aliphatic heterocycles. The number of hydrazine groups is 1. The predicted octanol–water partition coefficient (Wildman–Crippen LogP) is -0.328. The van der Waals surface area contributed by atoms with Crippen LogP contribution >= 0.6 is 22.6 Å². The second kappa shape index (κ2) is 4.32. The zero-order valence-corrected chi connectivity index (χ0v) is 6.15. The molecule has 4 heteroatoms. The van der Waals surface area contributed by atoms with Crippen LogP contribution in [0.1, 0.15) is 0 Å². The van der Waals surface area contributed by atoms with Crippen molar-refractivity contribution in [2.45, 2.75) is 0 Å². The summed E-state index contributed by atoms with van der Waals surface area (Å²) in [6, 6.07) is 0. The van der Waals surface area contributed by atoms with Crippen LogP contribution in [-0.2, 0) is 4.79 Å². The van der Waals surface area contributed by atoms with Crippen LogP contribution in [-0.4, -0.2) is 17.4 Å². The number of hydrogen-bond acceptors (Lipinski definition) is 2. The molecule has 2 N–H and O–H groups in total. The maximum atomic E-state index is 10.2. The maximum absolute atomic E-state index is 10.2. The fourth-order valence-electron chi connectivity index (χ4n) is 0.173. The van der Waals surface area contributed by atoms with Gasteiger partial charge in [0.15, 0.2) is 0 Å². The third-order valence-electron chi connectivity index (χ3n) is 0.386. The van der Waals surface area contributed by atoms with Crippen LogP contribution in [0, 0.1) is 0 Å². The first-order valence-electron chi connectivity index (χ1n) is 1.82. The number of hydrogen-bond donors (Lipinski definition) is 2. The van der Waals surface area contributed by atoms with E-state index in [1.807, 2.05) is 22.6 Å². The minimum atomic E-state index is 0.00287. The van der Waals surface area contributed by atoms with Crippen molar-refractivity contribution >= 4 is 28.5 Å². The van der Waals surface area contributed by atoms with Gasteiger partial charge in [-0.2, -0.15) is 0 Å². The van der Waals surface area contributed by atoms with Crippen LogP contribution in [0.2, 0.25) is 0 Å². The fraction of sp³-hybridized carbons (Fsp3) is 0.667. The van der Waals surface area contributed by atoms with E-state index in [1.165, 1.54) is 0 Å². The average molecular weight is 214 g/mol. The van der Waals surface area contributed by atoms with Crippen LogP contribution < -0.4 is 10.9 Å². The smallest absolute Gasteiger partial charge is 0.243 e. The summed E-state index contributed by atoms with van der Waals surface area (Å²) < 4.78 is 0.499. The van der Waals surface area contributed by atoms with Gasteiger partial charge in [-0.1, -0.05) is 22.6 Å². The summed E-state index contributed by atoms with van der Waals surface area (Å²) in [4.78, 5) is 10.2. The quantitative estimate of drug-likeness (QED) is 0.375. The lowest BCUT2D eigenvalue weighted by Crippen LogP contribution is -2.34. The van der Waals surface area contributed by atoms with Crippen molar-refractivity contribution in [3.05, 3.63) is 0 Å². The number of carbonyl (C=O) groups is 1. The Kier molecular flexibility index (Phi) is 4.42. The Morgan fingerprint density at radius 2 is 2.43 bits per heavy atom. The van der Waals surface area contributed by atoms with E-state index in [1.54, 1.807) is 7.05 Å². The SMILES string of the molecule is CNNC(=O)CI. The number of rotatable bonds is 2. The average Bonchev–Trinajstić information content (AvgIpc) is 1.68. The number of alkyl halides is 1. The first-order valence-corrected chi connectivity index (χ1v) is 3.35. The van der Waals surface area contributed by atoms with E-state index in [0.717, 1.165) is 0 Å². The van der Waals surface area contributed by atoms with E-state index < -0.39 is 0 Å². The van der Waals surface area contributed by atoms with Crippen LogP contribution in [0.15, 0.2) is 0 Å². The molecule has 0 rings (SSSR count). The molecule has 0 fully saturated rings. The molecule has 0 bridgehead atoms. The molecule has 3 nitrogen and oxygen atoms in total. The lowest BCUT2D eigenvalue weighted by atomic mass is 10.8. The number of carbonyl (C=O) groups excluding carboxylic acids is 1. The highest BCUT2D eigenvalue weighted by atomic mass is 127. The minimum Gasteiger partial charge on any atom is -0.291 e. The molecule has 0 radical (unpaired) electrons. The molecule has 0 spiro atoms. The highest BCUT2D eigenvalue weighted by Gasteiger charge is 1.89. The molecular formula is C3H7IN2O. The van der Waals surface area contributed by atoms with Crippen LogP contribution in [0.5, 0.6) is 0 Å². The summed E-state index contributed by atoms with van der Waals surface area (Å²) in [5.41, 5.74) is 4.91. The summed E-state index contributed by atoms with van der Waals surface area (Å²) in [5.74, 6) is 0.00287. The summed E-state index contributed by atoms with van der Waals surface area (Å²) in [5, 5.41) is 0. The first-order chi connectivity index (χ1) is 3.31. The molecule has 0 aliphatic rings. The molecule has 0 saturated carbocycles. The van der Waals surface area contributed by atoms with Gasteiger partial charge in [-0.3, -0.25) is 10.2 Å². The normalized spacial score (nSPS) is 8.29. The van der Waals surface area contributed by atoms with Gasteiger partial charge in [-0.15, -0.1) is 0 Å². The third-order valence-corrected chi connectivity index (χ3v) is 1.08. The van der Waals surface area contributed by atoms with E-state index >= 15 is 0 Å². The Labute approximate surface area is 56.0 Å². The Morgan fingerprint density at radius 3 is 2.57 bits per heavy atom. The van der Waals surface area contributed by atoms with Crippen LogP contribution in [0.3, 0.4) is 0 Å². The summed E-state index contributed by atoms with van der Waals surface area (Å²) in [7, 11) is 1.66. The second-order valence-corrected chi connectivity index (χ2v) is 1.69. The molecule has 0 heterocycles. The van der Waals surface area contributed by atoms with E-state index in [4.69, 9.17) is 0 Å². The lowest BCUT2D eigenvalue weighted by molar-refractivity contribution is -0.119. The van der Waals surface area contributed by atoms with Crippen LogP contribution in [0.25, 0.3) is 0 Å². The van der Waals surface area contributed by atoms with Gasteiger partial charge in [0.25, 0.3) is 0 Å². The molecule has 0 aromatic rings. The van der Waals surface area contributed by atoms with Crippen molar-refractivity contribution in [3.63, 3.8) is 0 Å². The van der Waals surface area contributed by atoms with Crippen LogP contribution in [0.4, 0.5) is 0 Å². The van der Waals surface area contributed by atoms with Gasteiger partial charge in [0.2, 0.25) is 5.91 Å². The molecule has 0 aromatic heterocycles. The van der Waals surface area contributed by atoms with Crippen molar-refractivity contribution < 1.29 is 4.79 Å². The topological polar surface area (TPSA) is 41.1 Å². The van der Waals surface area contributed by atoms with Gasteiger partial charge in [0.05, 0.1) is 4.43 Å². The van der Waals surface area contributed by atoms with E-state index in [0.29, 0.717) is 4.43 Å². The molecule has 0 atom stereocenters. The highest BCUT2D eigenvalue weighted by Crippen LogP contribution is 1.75. The number of nitrogens with one attached hydrogen (secondary N) is 2. The largest absolute Gasteiger partial charge is 0.291 e. The van der Waals surface area contributed by atoms with Gasteiger partial charge in [-0.05, 0) is 0 Å². The lowest BCUT2D eigenvalue weighted by Gasteiger charge is -1.95. The Morgan fingerprint density at radius 1 is 1.86 bits per heavy atom. The zero-order valence-electron chi connectivity index (χ0n) is 3.99. The number of halogens is 1. The number of amides is 1. The van der Waals surface area contributed by atoms with Crippen molar-refractivity contribution in [2.24, 2.45) is 0 Å². The molecule has 0 unspecified atom stereocenters. The summed E-state index contributed by atoms with van der Waals surface area (Å²) >= 11 is 1.98. The molecule has 7 heavy (non-hydrogen) atoms. The zero-order chi connectivity index (χ0) is 5.70. The van der Waals surface area contributed by atoms with Gasteiger partial charge in [0.1, 0.15) is 0 Å².